The molecule has 0 saturated heterocycles. The molecule has 0 fully saturated rings. The predicted octanol–water partition coefficient (Wildman–Crippen LogP) is 3.86. The van der Waals surface area contributed by atoms with Gasteiger partial charge in [0.05, 0.1) is 19.4 Å². The van der Waals surface area contributed by atoms with E-state index in [1.807, 2.05) is 29.8 Å². The number of halogens is 1. The summed E-state index contributed by atoms with van der Waals surface area (Å²) in [6.45, 7) is 4.37. The number of anilines is 1. The Morgan fingerprint density at radius 3 is 3.00 bits per heavy atom. The fourth-order valence-electron chi connectivity index (χ4n) is 3.09. The first kappa shape index (κ1) is 17.1. The zero-order chi connectivity index (χ0) is 16.9. The van der Waals surface area contributed by atoms with E-state index in [0.29, 0.717) is 11.6 Å². The van der Waals surface area contributed by atoms with Crippen LogP contribution in [0.5, 0.6) is 5.75 Å². The van der Waals surface area contributed by atoms with Gasteiger partial charge in [0.2, 0.25) is 0 Å². The van der Waals surface area contributed by atoms with E-state index in [4.69, 9.17) is 26.2 Å². The van der Waals surface area contributed by atoms with Crippen LogP contribution in [0.15, 0.2) is 18.2 Å². The highest BCUT2D eigenvalue weighted by atomic mass is 35.5. The molecule has 2 aromatic rings. The lowest BCUT2D eigenvalue weighted by atomic mass is 10.1. The van der Waals surface area contributed by atoms with Crippen molar-refractivity contribution in [3.05, 3.63) is 34.5 Å². The molecule has 1 aliphatic rings. The molecule has 3 rings (SSSR count). The third-order valence-corrected chi connectivity index (χ3v) is 4.50. The van der Waals surface area contributed by atoms with Crippen molar-refractivity contribution in [3.8, 4) is 11.4 Å². The second-order valence-corrected chi connectivity index (χ2v) is 6.27. The van der Waals surface area contributed by atoms with Gasteiger partial charge in [-0.1, -0.05) is 11.6 Å². The van der Waals surface area contributed by atoms with Crippen LogP contribution in [-0.2, 0) is 17.6 Å². The van der Waals surface area contributed by atoms with Gasteiger partial charge in [0.15, 0.2) is 0 Å². The van der Waals surface area contributed by atoms with E-state index < -0.39 is 0 Å². The molecule has 5 nitrogen and oxygen atoms in total. The Morgan fingerprint density at radius 1 is 1.33 bits per heavy atom. The molecule has 130 valence electrons. The summed E-state index contributed by atoms with van der Waals surface area (Å²) < 4.78 is 13.0. The molecule has 2 heterocycles. The average Bonchev–Trinajstić information content (AvgIpc) is 2.77. The van der Waals surface area contributed by atoms with Gasteiger partial charge < -0.3 is 14.8 Å². The maximum Gasteiger partial charge on any atom is 0.144 e. The molecule has 0 saturated carbocycles. The fraction of sp³-hybridized carbons (Fsp3) is 0.500. The van der Waals surface area contributed by atoms with Gasteiger partial charge in [0.1, 0.15) is 17.3 Å². The number of hydrogen-bond donors (Lipinski definition) is 1. The largest absolute Gasteiger partial charge is 0.494 e. The number of aromatic nitrogens is 2. The van der Waals surface area contributed by atoms with Gasteiger partial charge in [-0.2, -0.15) is 5.10 Å². The summed E-state index contributed by atoms with van der Waals surface area (Å²) in [4.78, 5) is 0. The quantitative estimate of drug-likeness (QED) is 0.804. The third kappa shape index (κ3) is 3.52. The van der Waals surface area contributed by atoms with Crippen LogP contribution < -0.4 is 10.1 Å². The van der Waals surface area contributed by atoms with Crippen LogP contribution in [-0.4, -0.2) is 36.6 Å². The zero-order valence-electron chi connectivity index (χ0n) is 14.3. The molecule has 24 heavy (non-hydrogen) atoms. The summed E-state index contributed by atoms with van der Waals surface area (Å²) in [6, 6.07) is 5.60. The molecule has 1 aromatic carbocycles. The summed E-state index contributed by atoms with van der Waals surface area (Å²) in [5, 5.41) is 9.06. The Kier molecular flexibility index (Phi) is 5.63. The van der Waals surface area contributed by atoms with E-state index in [-0.39, 0.29) is 0 Å². The molecular weight excluding hydrogens is 326 g/mol. The van der Waals surface area contributed by atoms with Gasteiger partial charge in [-0.25, -0.2) is 4.68 Å². The second kappa shape index (κ2) is 7.90. The highest BCUT2D eigenvalue weighted by Gasteiger charge is 2.22. The van der Waals surface area contributed by atoms with E-state index in [1.165, 1.54) is 12.0 Å². The van der Waals surface area contributed by atoms with E-state index in [1.54, 1.807) is 7.11 Å². The first-order chi connectivity index (χ1) is 11.7. The highest BCUT2D eigenvalue weighted by Crippen LogP contribution is 2.33. The number of rotatable bonds is 6. The van der Waals surface area contributed by atoms with Gasteiger partial charge in [-0.05, 0) is 44.4 Å². The number of benzene rings is 1. The number of ether oxygens (including phenoxy) is 2. The monoisotopic (exact) mass is 349 g/mol. The first-order valence-electron chi connectivity index (χ1n) is 8.51. The van der Waals surface area contributed by atoms with Crippen molar-refractivity contribution >= 4 is 17.4 Å². The molecule has 0 bridgehead atoms. The van der Waals surface area contributed by atoms with Crippen LogP contribution in [0.2, 0.25) is 5.02 Å². The van der Waals surface area contributed by atoms with Gasteiger partial charge in [-0.3, -0.25) is 0 Å². The average molecular weight is 350 g/mol. The van der Waals surface area contributed by atoms with Crippen LogP contribution in [0.1, 0.15) is 31.0 Å². The molecule has 0 atom stereocenters. The van der Waals surface area contributed by atoms with Crippen LogP contribution in [0.4, 0.5) is 5.82 Å². The summed E-state index contributed by atoms with van der Waals surface area (Å²) in [5.74, 6) is 1.81. The normalized spacial score (nSPS) is 14.0. The SMILES string of the molecule is CCOCCc1nn(-c2cc(Cl)ccc2OC)c2c1CCCCN2. The molecular formula is C18H24ClN3O2. The number of nitrogens with zero attached hydrogens (tertiary/aromatic N) is 2. The minimum Gasteiger partial charge on any atom is -0.494 e. The fourth-order valence-corrected chi connectivity index (χ4v) is 3.26. The van der Waals surface area contributed by atoms with Crippen molar-refractivity contribution < 1.29 is 9.47 Å². The molecule has 1 aliphatic heterocycles. The first-order valence-corrected chi connectivity index (χ1v) is 8.88. The lowest BCUT2D eigenvalue weighted by molar-refractivity contribution is 0.150. The Hall–Kier alpha value is -1.72. The van der Waals surface area contributed by atoms with Gasteiger partial charge in [0, 0.05) is 30.2 Å². The van der Waals surface area contributed by atoms with E-state index in [0.717, 1.165) is 55.4 Å². The van der Waals surface area contributed by atoms with Crippen molar-refractivity contribution in [1.82, 2.24) is 9.78 Å². The smallest absolute Gasteiger partial charge is 0.144 e. The van der Waals surface area contributed by atoms with E-state index >= 15 is 0 Å². The summed E-state index contributed by atoms with van der Waals surface area (Å²) in [5.41, 5.74) is 3.24. The Morgan fingerprint density at radius 2 is 2.21 bits per heavy atom. The second-order valence-electron chi connectivity index (χ2n) is 5.83. The molecule has 1 N–H and O–H groups in total. The van der Waals surface area contributed by atoms with Crippen LogP contribution in [0.3, 0.4) is 0 Å². The summed E-state index contributed by atoms with van der Waals surface area (Å²) in [7, 11) is 1.67. The molecule has 0 amide bonds. The summed E-state index contributed by atoms with van der Waals surface area (Å²) in [6.07, 6.45) is 4.17. The van der Waals surface area contributed by atoms with Gasteiger partial charge in [-0.15, -0.1) is 0 Å². The molecule has 0 unspecified atom stereocenters. The summed E-state index contributed by atoms with van der Waals surface area (Å²) >= 11 is 6.21. The predicted molar refractivity (Wildman–Crippen MR) is 96.8 cm³/mol. The highest BCUT2D eigenvalue weighted by molar-refractivity contribution is 6.30. The van der Waals surface area contributed by atoms with Crippen LogP contribution in [0.25, 0.3) is 5.69 Å². The zero-order valence-corrected chi connectivity index (χ0v) is 15.0. The maximum absolute atomic E-state index is 6.21. The molecule has 6 heteroatoms. The minimum absolute atomic E-state index is 0.666. The number of methoxy groups -OCH3 is 1. The standard InChI is InChI=1S/C18H24ClN3O2/c1-3-24-11-9-15-14-6-4-5-10-20-18(14)22(21-15)16-12-13(19)7-8-17(16)23-2/h7-8,12,20H,3-6,9-11H2,1-2H3. The lowest BCUT2D eigenvalue weighted by Crippen LogP contribution is -2.08. The van der Waals surface area contributed by atoms with Gasteiger partial charge in [0.25, 0.3) is 0 Å². The molecule has 1 aromatic heterocycles. The third-order valence-electron chi connectivity index (χ3n) is 4.27. The van der Waals surface area contributed by atoms with Crippen LogP contribution >= 0.6 is 11.6 Å². The van der Waals surface area contributed by atoms with E-state index in [2.05, 4.69) is 5.32 Å². The maximum atomic E-state index is 6.21. The lowest BCUT2D eigenvalue weighted by Gasteiger charge is -2.13. The van der Waals surface area contributed by atoms with Crippen molar-refractivity contribution in [2.75, 3.05) is 32.2 Å². The molecule has 0 aliphatic carbocycles. The van der Waals surface area contributed by atoms with Crippen molar-refractivity contribution in [2.45, 2.75) is 32.6 Å². The Balaban J connectivity index is 2.05. The van der Waals surface area contributed by atoms with Crippen LogP contribution in [0, 0.1) is 0 Å². The Labute approximate surface area is 147 Å². The van der Waals surface area contributed by atoms with Crippen molar-refractivity contribution in [2.24, 2.45) is 0 Å². The number of nitrogens with one attached hydrogen (secondary N) is 1. The number of hydrogen-bond acceptors (Lipinski definition) is 4. The molecule has 0 radical (unpaired) electrons. The Bertz CT molecular complexity index is 700. The topological polar surface area (TPSA) is 48.3 Å². The van der Waals surface area contributed by atoms with Crippen molar-refractivity contribution in [1.29, 1.82) is 0 Å². The van der Waals surface area contributed by atoms with Crippen molar-refractivity contribution in [3.63, 3.8) is 0 Å². The molecule has 0 spiro atoms. The van der Waals surface area contributed by atoms with E-state index in [9.17, 15) is 0 Å². The van der Waals surface area contributed by atoms with Gasteiger partial charge >= 0.3 is 0 Å². The number of fused-ring (bicyclic) bond motifs is 1. The minimum atomic E-state index is 0.666.